The standard InChI is InChI=1S/C33H64O5/c1-3-5-7-9-11-13-15-17-18-20-22-24-26-30(34)28-33(37)38-31(29-32(35)36)27-25-23-21-19-16-14-12-10-8-6-4-2/h30-31,34H,3-29H2,1-2H3,(H,35,36). The van der Waals surface area contributed by atoms with Crippen molar-refractivity contribution in [1.29, 1.82) is 0 Å². The van der Waals surface area contributed by atoms with Crippen LogP contribution in [-0.2, 0) is 14.3 Å². The number of carboxylic acid groups (broad SMARTS) is 1. The number of carbonyl (C=O) groups excluding carboxylic acids is 1. The maximum atomic E-state index is 12.3. The van der Waals surface area contributed by atoms with Crippen LogP contribution in [0.4, 0.5) is 0 Å². The molecule has 0 spiro atoms. The van der Waals surface area contributed by atoms with Crippen molar-refractivity contribution in [3.8, 4) is 0 Å². The van der Waals surface area contributed by atoms with Gasteiger partial charge in [-0.3, -0.25) is 9.59 Å². The van der Waals surface area contributed by atoms with Gasteiger partial charge in [0.05, 0.1) is 18.9 Å². The van der Waals surface area contributed by atoms with Crippen LogP contribution in [0.3, 0.4) is 0 Å². The first-order chi connectivity index (χ1) is 18.5. The number of aliphatic carboxylic acids is 1. The highest BCUT2D eigenvalue weighted by Crippen LogP contribution is 2.17. The Labute approximate surface area is 235 Å². The number of hydrogen-bond donors (Lipinski definition) is 2. The molecule has 0 amide bonds. The van der Waals surface area contributed by atoms with Crippen LogP contribution in [0.25, 0.3) is 0 Å². The lowest BCUT2D eigenvalue weighted by Gasteiger charge is -2.17. The minimum Gasteiger partial charge on any atom is -0.481 e. The number of unbranched alkanes of at least 4 members (excludes halogenated alkanes) is 21. The van der Waals surface area contributed by atoms with E-state index in [0.29, 0.717) is 12.8 Å². The molecular formula is C33H64O5. The molecule has 0 aliphatic heterocycles. The lowest BCUT2D eigenvalue weighted by Crippen LogP contribution is -2.24. The van der Waals surface area contributed by atoms with Crippen molar-refractivity contribution < 1.29 is 24.5 Å². The summed E-state index contributed by atoms with van der Waals surface area (Å²) in [4.78, 5) is 23.5. The Morgan fingerprint density at radius 1 is 0.526 bits per heavy atom. The Morgan fingerprint density at radius 2 is 0.868 bits per heavy atom. The molecule has 2 atom stereocenters. The van der Waals surface area contributed by atoms with Crippen LogP contribution in [0.1, 0.15) is 187 Å². The molecule has 2 unspecified atom stereocenters. The largest absolute Gasteiger partial charge is 0.481 e. The predicted octanol–water partition coefficient (Wildman–Crippen LogP) is 9.92. The van der Waals surface area contributed by atoms with E-state index in [4.69, 9.17) is 4.74 Å². The Kier molecular flexibility index (Phi) is 28.1. The number of hydrogen-bond acceptors (Lipinski definition) is 4. The number of aliphatic hydroxyl groups is 1. The summed E-state index contributed by atoms with van der Waals surface area (Å²) >= 11 is 0. The summed E-state index contributed by atoms with van der Waals surface area (Å²) in [6.45, 7) is 4.50. The van der Waals surface area contributed by atoms with E-state index in [2.05, 4.69) is 13.8 Å². The van der Waals surface area contributed by atoms with Gasteiger partial charge < -0.3 is 14.9 Å². The maximum Gasteiger partial charge on any atom is 0.308 e. The van der Waals surface area contributed by atoms with Crippen molar-refractivity contribution in [3.05, 3.63) is 0 Å². The van der Waals surface area contributed by atoms with Gasteiger partial charge >= 0.3 is 11.9 Å². The SMILES string of the molecule is CCCCCCCCCCCCCCC(O)CC(=O)OC(CCCCCCCCCCCCC)CC(=O)O. The molecule has 0 aromatic rings. The van der Waals surface area contributed by atoms with Gasteiger partial charge in [0.25, 0.3) is 0 Å². The zero-order valence-electron chi connectivity index (χ0n) is 25.4. The van der Waals surface area contributed by atoms with Gasteiger partial charge in [-0.2, -0.15) is 0 Å². The third kappa shape index (κ3) is 27.9. The fourth-order valence-corrected chi connectivity index (χ4v) is 5.18. The molecule has 0 aliphatic carbocycles. The van der Waals surface area contributed by atoms with Crippen LogP contribution in [0.15, 0.2) is 0 Å². The van der Waals surface area contributed by atoms with Crippen molar-refractivity contribution in [1.82, 2.24) is 0 Å². The number of carbonyl (C=O) groups is 2. The van der Waals surface area contributed by atoms with E-state index < -0.39 is 24.1 Å². The smallest absolute Gasteiger partial charge is 0.308 e. The molecule has 0 aliphatic rings. The molecular weight excluding hydrogens is 476 g/mol. The van der Waals surface area contributed by atoms with Crippen LogP contribution in [0, 0.1) is 0 Å². The van der Waals surface area contributed by atoms with Crippen molar-refractivity contribution in [2.24, 2.45) is 0 Å². The third-order valence-corrected chi connectivity index (χ3v) is 7.62. The third-order valence-electron chi connectivity index (χ3n) is 7.62. The molecule has 0 saturated carbocycles. The summed E-state index contributed by atoms with van der Waals surface area (Å²) in [6.07, 6.45) is 28.5. The molecule has 0 saturated heterocycles. The van der Waals surface area contributed by atoms with E-state index in [-0.39, 0.29) is 12.8 Å². The Hall–Kier alpha value is -1.10. The van der Waals surface area contributed by atoms with Crippen molar-refractivity contribution >= 4 is 11.9 Å². The highest BCUT2D eigenvalue weighted by Gasteiger charge is 2.20. The topological polar surface area (TPSA) is 83.8 Å². The van der Waals surface area contributed by atoms with E-state index in [1.165, 1.54) is 116 Å². The molecule has 0 aromatic carbocycles. The zero-order valence-corrected chi connectivity index (χ0v) is 25.4. The minimum absolute atomic E-state index is 0.0353. The monoisotopic (exact) mass is 540 g/mol. The van der Waals surface area contributed by atoms with Gasteiger partial charge in [-0.1, -0.05) is 155 Å². The summed E-state index contributed by atoms with van der Waals surface area (Å²) in [5.41, 5.74) is 0. The average molecular weight is 541 g/mol. The lowest BCUT2D eigenvalue weighted by atomic mass is 10.0. The van der Waals surface area contributed by atoms with Gasteiger partial charge in [-0.05, 0) is 19.3 Å². The first kappa shape index (κ1) is 36.9. The van der Waals surface area contributed by atoms with Gasteiger partial charge in [0.2, 0.25) is 0 Å². The number of ether oxygens (including phenoxy) is 1. The molecule has 5 nitrogen and oxygen atoms in total. The van der Waals surface area contributed by atoms with E-state index in [1.807, 2.05) is 0 Å². The molecule has 5 heteroatoms. The molecule has 0 heterocycles. The number of rotatable bonds is 30. The second-order valence-electron chi connectivity index (χ2n) is 11.6. The molecule has 0 radical (unpaired) electrons. The summed E-state index contributed by atoms with van der Waals surface area (Å²) in [7, 11) is 0. The molecule has 0 bridgehead atoms. The van der Waals surface area contributed by atoms with E-state index >= 15 is 0 Å². The fraction of sp³-hybridized carbons (Fsp3) is 0.939. The summed E-state index contributed by atoms with van der Waals surface area (Å²) < 4.78 is 5.46. The first-order valence-electron chi connectivity index (χ1n) is 16.6. The van der Waals surface area contributed by atoms with Gasteiger partial charge in [-0.25, -0.2) is 0 Å². The molecule has 0 fully saturated rings. The normalized spacial score (nSPS) is 12.9. The van der Waals surface area contributed by atoms with Gasteiger partial charge in [0.15, 0.2) is 0 Å². The lowest BCUT2D eigenvalue weighted by molar-refractivity contribution is -0.155. The predicted molar refractivity (Wildman–Crippen MR) is 160 cm³/mol. The van der Waals surface area contributed by atoms with E-state index in [1.54, 1.807) is 0 Å². The number of esters is 1. The van der Waals surface area contributed by atoms with Gasteiger partial charge in [0.1, 0.15) is 6.10 Å². The van der Waals surface area contributed by atoms with Crippen molar-refractivity contribution in [2.75, 3.05) is 0 Å². The summed E-state index contributed by atoms with van der Waals surface area (Å²) in [6, 6.07) is 0. The van der Waals surface area contributed by atoms with Gasteiger partial charge in [0, 0.05) is 0 Å². The highest BCUT2D eigenvalue weighted by molar-refractivity contribution is 5.71. The number of carboxylic acids is 1. The molecule has 0 aromatic heterocycles. The Bertz CT molecular complexity index is 522. The first-order valence-corrected chi connectivity index (χ1v) is 16.6. The molecule has 38 heavy (non-hydrogen) atoms. The van der Waals surface area contributed by atoms with Crippen LogP contribution >= 0.6 is 0 Å². The quantitative estimate of drug-likeness (QED) is 0.0699. The van der Waals surface area contributed by atoms with Crippen LogP contribution in [-0.4, -0.2) is 34.4 Å². The Balaban J connectivity index is 3.79. The van der Waals surface area contributed by atoms with E-state index in [9.17, 15) is 19.8 Å². The highest BCUT2D eigenvalue weighted by atomic mass is 16.5. The fourth-order valence-electron chi connectivity index (χ4n) is 5.18. The van der Waals surface area contributed by atoms with Crippen LogP contribution in [0.2, 0.25) is 0 Å². The summed E-state index contributed by atoms with van der Waals surface area (Å²) in [5, 5.41) is 19.4. The van der Waals surface area contributed by atoms with Crippen LogP contribution in [0.5, 0.6) is 0 Å². The minimum atomic E-state index is -0.942. The van der Waals surface area contributed by atoms with Gasteiger partial charge in [-0.15, -0.1) is 0 Å². The average Bonchev–Trinajstić information content (AvgIpc) is 2.87. The number of aliphatic hydroxyl groups excluding tert-OH is 1. The molecule has 0 rings (SSSR count). The van der Waals surface area contributed by atoms with E-state index in [0.717, 1.165) is 32.1 Å². The van der Waals surface area contributed by atoms with Crippen LogP contribution < -0.4 is 0 Å². The maximum absolute atomic E-state index is 12.3. The molecule has 226 valence electrons. The summed E-state index contributed by atoms with van der Waals surface area (Å²) in [5.74, 6) is -1.41. The van der Waals surface area contributed by atoms with Crippen molar-refractivity contribution in [3.63, 3.8) is 0 Å². The zero-order chi connectivity index (χ0) is 28.1. The second kappa shape index (κ2) is 28.9. The van der Waals surface area contributed by atoms with Crippen molar-refractivity contribution in [2.45, 2.75) is 199 Å². The molecule has 2 N–H and O–H groups in total. The second-order valence-corrected chi connectivity index (χ2v) is 11.6. The Morgan fingerprint density at radius 3 is 1.24 bits per heavy atom.